The van der Waals surface area contributed by atoms with Crippen molar-refractivity contribution in [3.63, 3.8) is 0 Å². The first kappa shape index (κ1) is 12.2. The van der Waals surface area contributed by atoms with Crippen molar-refractivity contribution < 1.29 is 9.47 Å². The van der Waals surface area contributed by atoms with E-state index in [2.05, 4.69) is 27.6 Å². The molecule has 0 atom stereocenters. The van der Waals surface area contributed by atoms with Gasteiger partial charge in [-0.05, 0) is 52.9 Å². The number of rotatable bonds is 4. The van der Waals surface area contributed by atoms with Gasteiger partial charge in [0.2, 0.25) is 5.88 Å². The summed E-state index contributed by atoms with van der Waals surface area (Å²) in [6, 6.07) is 13.5. The van der Waals surface area contributed by atoms with E-state index in [1.807, 2.05) is 42.5 Å². The first-order valence-electron chi connectivity index (χ1n) is 5.16. The molecule has 0 aliphatic carbocycles. The molecular weight excluding hydrogens is 329 g/mol. The minimum atomic E-state index is 0.442. The fourth-order valence-electron chi connectivity index (χ4n) is 1.34. The zero-order valence-corrected chi connectivity index (χ0v) is 11.5. The smallest absolute Gasteiger partial charge is 0.213 e. The van der Waals surface area contributed by atoms with Gasteiger partial charge in [0, 0.05) is 9.64 Å². The summed E-state index contributed by atoms with van der Waals surface area (Å²) in [5, 5.41) is 0. The van der Waals surface area contributed by atoms with Gasteiger partial charge in [0.25, 0.3) is 0 Å². The van der Waals surface area contributed by atoms with E-state index in [0.29, 0.717) is 12.5 Å². The molecule has 1 heterocycles. The van der Waals surface area contributed by atoms with Gasteiger partial charge in [0.05, 0.1) is 12.8 Å². The van der Waals surface area contributed by atoms with E-state index in [1.54, 1.807) is 7.11 Å². The van der Waals surface area contributed by atoms with Gasteiger partial charge >= 0.3 is 0 Å². The fourth-order valence-corrected chi connectivity index (χ4v) is 1.70. The van der Waals surface area contributed by atoms with Gasteiger partial charge in [-0.15, -0.1) is 0 Å². The first-order valence-corrected chi connectivity index (χ1v) is 6.24. The number of ether oxygens (including phenoxy) is 2. The number of nitrogens with zero attached hydrogens (tertiary/aromatic N) is 1. The van der Waals surface area contributed by atoms with E-state index in [9.17, 15) is 0 Å². The fraction of sp³-hybridized carbons (Fsp3) is 0.154. The third kappa shape index (κ3) is 3.59. The van der Waals surface area contributed by atoms with Crippen LogP contribution in [-0.4, -0.2) is 12.1 Å². The number of hydrogen-bond acceptors (Lipinski definition) is 3. The summed E-state index contributed by atoms with van der Waals surface area (Å²) in [6.07, 6.45) is 0. The minimum absolute atomic E-state index is 0.442. The molecule has 0 N–H and O–H groups in total. The Labute approximate surface area is 114 Å². The van der Waals surface area contributed by atoms with Crippen LogP contribution in [-0.2, 0) is 6.61 Å². The Bertz CT molecular complexity index is 485. The Morgan fingerprint density at radius 1 is 1.12 bits per heavy atom. The lowest BCUT2D eigenvalue weighted by molar-refractivity contribution is 0.298. The summed E-state index contributed by atoms with van der Waals surface area (Å²) in [7, 11) is 1.60. The molecule has 0 unspecified atom stereocenters. The quantitative estimate of drug-likeness (QED) is 0.800. The zero-order valence-electron chi connectivity index (χ0n) is 9.39. The average molecular weight is 341 g/mol. The lowest BCUT2D eigenvalue weighted by atomic mass is 10.3. The van der Waals surface area contributed by atoms with Gasteiger partial charge in [-0.3, -0.25) is 0 Å². The van der Waals surface area contributed by atoms with Crippen LogP contribution in [0.4, 0.5) is 0 Å². The molecule has 0 aliphatic rings. The van der Waals surface area contributed by atoms with Crippen LogP contribution in [0.1, 0.15) is 5.69 Å². The summed E-state index contributed by atoms with van der Waals surface area (Å²) in [6.45, 7) is 0.442. The van der Waals surface area contributed by atoms with Crippen molar-refractivity contribution in [3.05, 3.63) is 51.7 Å². The first-order chi connectivity index (χ1) is 8.28. The maximum absolute atomic E-state index is 5.63. The largest absolute Gasteiger partial charge is 0.487 e. The van der Waals surface area contributed by atoms with Crippen LogP contribution in [0.15, 0.2) is 42.5 Å². The Morgan fingerprint density at radius 3 is 2.59 bits per heavy atom. The second-order valence-electron chi connectivity index (χ2n) is 3.41. The number of benzene rings is 1. The monoisotopic (exact) mass is 341 g/mol. The number of pyridine rings is 1. The topological polar surface area (TPSA) is 31.4 Å². The van der Waals surface area contributed by atoms with Crippen LogP contribution < -0.4 is 9.47 Å². The Balaban J connectivity index is 1.99. The molecule has 1 aromatic heterocycles. The van der Waals surface area contributed by atoms with Crippen molar-refractivity contribution >= 4 is 22.6 Å². The second-order valence-corrected chi connectivity index (χ2v) is 4.66. The average Bonchev–Trinajstić information content (AvgIpc) is 2.38. The number of aromatic nitrogens is 1. The maximum atomic E-state index is 5.63. The van der Waals surface area contributed by atoms with Crippen LogP contribution >= 0.6 is 22.6 Å². The molecule has 0 radical (unpaired) electrons. The Hall–Kier alpha value is -1.30. The van der Waals surface area contributed by atoms with Crippen molar-refractivity contribution in [2.45, 2.75) is 6.61 Å². The highest BCUT2D eigenvalue weighted by atomic mass is 127. The third-order valence-corrected chi connectivity index (χ3v) is 2.91. The van der Waals surface area contributed by atoms with Gasteiger partial charge in [-0.25, -0.2) is 4.98 Å². The standard InChI is InChI=1S/C13H12INO2/c1-16-13-4-2-3-11(15-13)9-17-12-7-5-10(14)6-8-12/h2-8H,9H2,1H3. The molecule has 88 valence electrons. The summed E-state index contributed by atoms with van der Waals surface area (Å²) < 4.78 is 11.9. The van der Waals surface area contributed by atoms with E-state index >= 15 is 0 Å². The molecule has 0 fully saturated rings. The SMILES string of the molecule is COc1cccc(COc2ccc(I)cc2)n1. The number of methoxy groups -OCH3 is 1. The van der Waals surface area contributed by atoms with E-state index in [0.717, 1.165) is 11.4 Å². The molecule has 0 saturated carbocycles. The molecule has 2 aromatic rings. The second kappa shape index (κ2) is 5.86. The van der Waals surface area contributed by atoms with Crippen LogP contribution in [0.25, 0.3) is 0 Å². The van der Waals surface area contributed by atoms with Crippen molar-refractivity contribution in [1.29, 1.82) is 0 Å². The maximum Gasteiger partial charge on any atom is 0.213 e. The van der Waals surface area contributed by atoms with Crippen molar-refractivity contribution in [2.75, 3.05) is 7.11 Å². The van der Waals surface area contributed by atoms with Crippen LogP contribution in [0.3, 0.4) is 0 Å². The molecule has 2 rings (SSSR count). The number of halogens is 1. The third-order valence-electron chi connectivity index (χ3n) is 2.19. The Morgan fingerprint density at radius 2 is 1.88 bits per heavy atom. The lowest BCUT2D eigenvalue weighted by Crippen LogP contribution is -1.99. The van der Waals surface area contributed by atoms with E-state index in [1.165, 1.54) is 3.57 Å². The summed E-state index contributed by atoms with van der Waals surface area (Å²) >= 11 is 2.26. The zero-order chi connectivity index (χ0) is 12.1. The molecule has 0 saturated heterocycles. The molecule has 4 heteroatoms. The molecule has 0 bridgehead atoms. The van der Waals surface area contributed by atoms with Crippen molar-refractivity contribution in [3.8, 4) is 11.6 Å². The molecule has 1 aromatic carbocycles. The van der Waals surface area contributed by atoms with Crippen LogP contribution in [0.5, 0.6) is 11.6 Å². The van der Waals surface area contributed by atoms with E-state index in [-0.39, 0.29) is 0 Å². The number of hydrogen-bond donors (Lipinski definition) is 0. The molecule has 17 heavy (non-hydrogen) atoms. The predicted octanol–water partition coefficient (Wildman–Crippen LogP) is 3.27. The van der Waals surface area contributed by atoms with Crippen LogP contribution in [0.2, 0.25) is 0 Å². The lowest BCUT2D eigenvalue weighted by Gasteiger charge is -2.06. The van der Waals surface area contributed by atoms with Crippen molar-refractivity contribution in [2.24, 2.45) is 0 Å². The molecule has 0 aliphatic heterocycles. The van der Waals surface area contributed by atoms with Gasteiger partial charge in [-0.2, -0.15) is 0 Å². The Kier molecular flexibility index (Phi) is 4.19. The predicted molar refractivity (Wildman–Crippen MR) is 74.3 cm³/mol. The molecular formula is C13H12INO2. The molecule has 0 amide bonds. The van der Waals surface area contributed by atoms with Gasteiger partial charge in [0.1, 0.15) is 12.4 Å². The summed E-state index contributed by atoms with van der Waals surface area (Å²) in [5.41, 5.74) is 0.850. The summed E-state index contributed by atoms with van der Waals surface area (Å²) in [4.78, 5) is 4.28. The summed E-state index contributed by atoms with van der Waals surface area (Å²) in [5.74, 6) is 1.45. The van der Waals surface area contributed by atoms with Gasteiger partial charge in [0.15, 0.2) is 0 Å². The van der Waals surface area contributed by atoms with Gasteiger partial charge in [-0.1, -0.05) is 6.07 Å². The van der Waals surface area contributed by atoms with E-state index < -0.39 is 0 Å². The normalized spacial score (nSPS) is 10.0. The van der Waals surface area contributed by atoms with Crippen LogP contribution in [0, 0.1) is 3.57 Å². The van der Waals surface area contributed by atoms with Crippen molar-refractivity contribution in [1.82, 2.24) is 4.98 Å². The highest BCUT2D eigenvalue weighted by Gasteiger charge is 1.99. The molecule has 0 spiro atoms. The highest BCUT2D eigenvalue weighted by Crippen LogP contribution is 2.15. The highest BCUT2D eigenvalue weighted by molar-refractivity contribution is 14.1. The minimum Gasteiger partial charge on any atom is -0.487 e. The molecule has 3 nitrogen and oxygen atoms in total. The van der Waals surface area contributed by atoms with Gasteiger partial charge < -0.3 is 9.47 Å². The van der Waals surface area contributed by atoms with E-state index in [4.69, 9.17) is 9.47 Å².